The number of hydrogen-bond acceptors (Lipinski definition) is 7. The maximum absolute atomic E-state index is 12.9. The summed E-state index contributed by atoms with van der Waals surface area (Å²) in [7, 11) is 4.13. The third-order valence-corrected chi connectivity index (χ3v) is 5.64. The molecule has 0 bridgehead atoms. The number of aromatic nitrogens is 3. The summed E-state index contributed by atoms with van der Waals surface area (Å²) in [5.74, 6) is -1.36. The molecule has 2 heterocycles. The maximum atomic E-state index is 12.9. The van der Waals surface area contributed by atoms with Crippen molar-refractivity contribution in [2.75, 3.05) is 7.11 Å². The average molecular weight is 485 g/mol. The molecule has 2 aromatic heterocycles. The SMILES string of the molecule is COC(=O)c1c(COC(=O)/C=C/c2cn(C)c(=O)n(C)c2=O)nc2ccccc2c1-c1ccccc1. The quantitative estimate of drug-likeness (QED) is 0.305. The van der Waals surface area contributed by atoms with Crippen LogP contribution < -0.4 is 11.2 Å². The van der Waals surface area contributed by atoms with Crippen LogP contribution in [0.1, 0.15) is 21.6 Å². The molecule has 2 aromatic carbocycles. The Morgan fingerprint density at radius 3 is 2.42 bits per heavy atom. The van der Waals surface area contributed by atoms with Gasteiger partial charge in [-0.15, -0.1) is 0 Å². The fraction of sp³-hybridized carbons (Fsp3) is 0.148. The number of aryl methyl sites for hydroxylation is 1. The molecule has 0 aliphatic heterocycles. The lowest BCUT2D eigenvalue weighted by Gasteiger charge is -2.16. The van der Waals surface area contributed by atoms with Crippen LogP contribution >= 0.6 is 0 Å². The van der Waals surface area contributed by atoms with E-state index in [2.05, 4.69) is 4.98 Å². The van der Waals surface area contributed by atoms with E-state index in [4.69, 9.17) is 9.47 Å². The maximum Gasteiger partial charge on any atom is 0.340 e. The fourth-order valence-corrected chi connectivity index (χ4v) is 3.89. The lowest BCUT2D eigenvalue weighted by molar-refractivity contribution is -0.139. The first-order valence-corrected chi connectivity index (χ1v) is 11.0. The van der Waals surface area contributed by atoms with E-state index >= 15 is 0 Å². The van der Waals surface area contributed by atoms with Crippen LogP contribution in [0.15, 0.2) is 76.5 Å². The minimum Gasteiger partial charge on any atom is -0.465 e. The van der Waals surface area contributed by atoms with Gasteiger partial charge in [0, 0.05) is 37.3 Å². The smallest absolute Gasteiger partial charge is 0.340 e. The third-order valence-electron chi connectivity index (χ3n) is 5.64. The monoisotopic (exact) mass is 485 g/mol. The van der Waals surface area contributed by atoms with Crippen LogP contribution in [-0.4, -0.2) is 33.2 Å². The molecule has 182 valence electrons. The van der Waals surface area contributed by atoms with E-state index in [0.29, 0.717) is 11.1 Å². The number of rotatable bonds is 6. The summed E-state index contributed by atoms with van der Waals surface area (Å²) in [5, 5.41) is 0.754. The Kier molecular flexibility index (Phi) is 6.91. The zero-order chi connectivity index (χ0) is 25.8. The molecule has 0 aliphatic rings. The summed E-state index contributed by atoms with van der Waals surface area (Å²) in [4.78, 5) is 54.0. The Morgan fingerprint density at radius 1 is 1.00 bits per heavy atom. The van der Waals surface area contributed by atoms with E-state index in [0.717, 1.165) is 21.6 Å². The summed E-state index contributed by atoms with van der Waals surface area (Å²) in [6.45, 7) is -0.302. The van der Waals surface area contributed by atoms with Gasteiger partial charge in [0.1, 0.15) is 6.61 Å². The van der Waals surface area contributed by atoms with Crippen molar-refractivity contribution in [2.45, 2.75) is 6.61 Å². The Balaban J connectivity index is 1.71. The molecule has 0 amide bonds. The Bertz CT molecular complexity index is 1620. The third kappa shape index (κ3) is 4.72. The fourth-order valence-electron chi connectivity index (χ4n) is 3.89. The zero-order valence-electron chi connectivity index (χ0n) is 19.9. The number of nitrogens with zero attached hydrogens (tertiary/aromatic N) is 3. The Hall–Kier alpha value is -4.79. The van der Waals surface area contributed by atoms with Gasteiger partial charge in [-0.25, -0.2) is 19.4 Å². The van der Waals surface area contributed by atoms with Gasteiger partial charge < -0.3 is 14.0 Å². The summed E-state index contributed by atoms with van der Waals surface area (Å²) >= 11 is 0. The van der Waals surface area contributed by atoms with Gasteiger partial charge in [0.25, 0.3) is 5.56 Å². The standard InChI is InChI=1S/C27H23N3O6/c1-29-15-18(25(32)30(2)27(29)34)13-14-22(31)36-16-21-24(26(33)35-3)23(17-9-5-4-6-10-17)19-11-7-8-12-20(19)28-21/h4-15H,16H2,1-3H3/b14-13+. The molecular weight excluding hydrogens is 462 g/mol. The number of para-hydroxylation sites is 1. The van der Waals surface area contributed by atoms with Crippen LogP contribution in [0.5, 0.6) is 0 Å². The number of ether oxygens (including phenoxy) is 2. The van der Waals surface area contributed by atoms with E-state index in [1.165, 1.54) is 38.0 Å². The number of carbonyl (C=O) groups excluding carboxylic acids is 2. The number of fused-ring (bicyclic) bond motifs is 1. The van der Waals surface area contributed by atoms with Crippen LogP contribution in [0.2, 0.25) is 0 Å². The lowest BCUT2D eigenvalue weighted by atomic mass is 9.94. The molecular formula is C27H23N3O6. The second-order valence-electron chi connectivity index (χ2n) is 7.97. The van der Waals surface area contributed by atoms with E-state index in [9.17, 15) is 19.2 Å². The number of carbonyl (C=O) groups is 2. The summed E-state index contributed by atoms with van der Waals surface area (Å²) in [6.07, 6.45) is 3.69. The predicted octanol–water partition coefficient (Wildman–Crippen LogP) is 2.84. The van der Waals surface area contributed by atoms with Crippen molar-refractivity contribution in [1.82, 2.24) is 14.1 Å². The first-order valence-electron chi connectivity index (χ1n) is 11.0. The molecule has 4 aromatic rings. The van der Waals surface area contributed by atoms with Gasteiger partial charge in [-0.1, -0.05) is 48.5 Å². The molecule has 0 saturated carbocycles. The van der Waals surface area contributed by atoms with Crippen molar-refractivity contribution in [3.05, 3.63) is 105 Å². The minimum absolute atomic E-state index is 0.141. The molecule has 0 spiro atoms. The van der Waals surface area contributed by atoms with Crippen molar-refractivity contribution < 1.29 is 19.1 Å². The van der Waals surface area contributed by atoms with Crippen LogP contribution in [0, 0.1) is 0 Å². The second kappa shape index (κ2) is 10.2. The Labute approximate surface area is 205 Å². The number of hydrogen-bond donors (Lipinski definition) is 0. The van der Waals surface area contributed by atoms with Gasteiger partial charge >= 0.3 is 17.6 Å². The normalized spacial score (nSPS) is 11.1. The van der Waals surface area contributed by atoms with Crippen LogP contribution in [0.4, 0.5) is 0 Å². The van der Waals surface area contributed by atoms with Gasteiger partial charge in [0.15, 0.2) is 0 Å². The molecule has 36 heavy (non-hydrogen) atoms. The molecule has 0 saturated heterocycles. The van der Waals surface area contributed by atoms with Crippen LogP contribution in [0.3, 0.4) is 0 Å². The van der Waals surface area contributed by atoms with Gasteiger partial charge in [-0.05, 0) is 17.7 Å². The summed E-state index contributed by atoms with van der Waals surface area (Å²) in [5.41, 5.74) is 1.59. The number of esters is 2. The highest BCUT2D eigenvalue weighted by Crippen LogP contribution is 2.34. The molecule has 9 nitrogen and oxygen atoms in total. The van der Waals surface area contributed by atoms with Gasteiger partial charge in [-0.3, -0.25) is 9.36 Å². The van der Waals surface area contributed by atoms with Gasteiger partial charge in [0.2, 0.25) is 0 Å². The topological polar surface area (TPSA) is 109 Å². The second-order valence-corrected chi connectivity index (χ2v) is 7.97. The van der Waals surface area contributed by atoms with E-state index in [1.54, 1.807) is 0 Å². The highest BCUT2D eigenvalue weighted by molar-refractivity contribution is 6.07. The number of methoxy groups -OCH3 is 1. The first-order chi connectivity index (χ1) is 17.3. The van der Waals surface area contributed by atoms with E-state index in [-0.39, 0.29) is 23.4 Å². The molecule has 0 fully saturated rings. The van der Waals surface area contributed by atoms with Crippen LogP contribution in [-0.2, 0) is 35.0 Å². The lowest BCUT2D eigenvalue weighted by Crippen LogP contribution is -2.37. The van der Waals surface area contributed by atoms with Crippen molar-refractivity contribution in [3.63, 3.8) is 0 Å². The highest BCUT2D eigenvalue weighted by Gasteiger charge is 2.23. The van der Waals surface area contributed by atoms with E-state index < -0.39 is 23.2 Å². The van der Waals surface area contributed by atoms with Crippen molar-refractivity contribution in [1.29, 1.82) is 0 Å². The first kappa shape index (κ1) is 24.3. The zero-order valence-corrected chi connectivity index (χ0v) is 19.9. The summed E-state index contributed by atoms with van der Waals surface area (Å²) < 4.78 is 12.6. The van der Waals surface area contributed by atoms with Gasteiger partial charge in [-0.2, -0.15) is 0 Å². The van der Waals surface area contributed by atoms with Crippen molar-refractivity contribution in [3.8, 4) is 11.1 Å². The van der Waals surface area contributed by atoms with Crippen molar-refractivity contribution >= 4 is 28.9 Å². The minimum atomic E-state index is -0.752. The van der Waals surface area contributed by atoms with Crippen LogP contribution in [0.25, 0.3) is 28.1 Å². The number of benzene rings is 2. The Morgan fingerprint density at radius 2 is 1.69 bits per heavy atom. The summed E-state index contributed by atoms with van der Waals surface area (Å²) in [6, 6.07) is 16.7. The molecule has 0 aliphatic carbocycles. The molecule has 4 rings (SSSR count). The van der Waals surface area contributed by atoms with E-state index in [1.807, 2.05) is 54.6 Å². The van der Waals surface area contributed by atoms with Gasteiger partial charge in [0.05, 0.1) is 29.4 Å². The molecule has 0 atom stereocenters. The molecule has 9 heteroatoms. The van der Waals surface area contributed by atoms with Crippen molar-refractivity contribution in [2.24, 2.45) is 14.1 Å². The largest absolute Gasteiger partial charge is 0.465 e. The molecule has 0 N–H and O–H groups in total. The molecule has 0 unspecified atom stereocenters. The number of pyridine rings is 1. The molecule has 0 radical (unpaired) electrons. The average Bonchev–Trinajstić information content (AvgIpc) is 2.91. The highest BCUT2D eigenvalue weighted by atomic mass is 16.5. The predicted molar refractivity (Wildman–Crippen MR) is 134 cm³/mol.